The van der Waals surface area contributed by atoms with Crippen molar-refractivity contribution in [2.45, 2.75) is 25.4 Å². The fourth-order valence-electron chi connectivity index (χ4n) is 2.20. The van der Waals surface area contributed by atoms with Crippen LogP contribution in [-0.2, 0) is 6.54 Å². The van der Waals surface area contributed by atoms with Gasteiger partial charge >= 0.3 is 0 Å². The summed E-state index contributed by atoms with van der Waals surface area (Å²) in [5, 5.41) is 0. The summed E-state index contributed by atoms with van der Waals surface area (Å²) in [6, 6.07) is 7.94. The van der Waals surface area contributed by atoms with Crippen LogP contribution < -0.4 is 5.73 Å². The van der Waals surface area contributed by atoms with Gasteiger partial charge in [-0.1, -0.05) is 12.1 Å². The summed E-state index contributed by atoms with van der Waals surface area (Å²) in [7, 11) is 0. The number of carbonyl (C=O) groups is 1. The highest BCUT2D eigenvalue weighted by molar-refractivity contribution is 5.92. The number of nitrogens with two attached hydrogens (primary N) is 1. The number of carbonyl (C=O) groups excluding carboxylic acids is 1. The molecule has 2 N–H and O–H groups in total. The molecule has 102 valence electrons. The highest BCUT2D eigenvalue weighted by Gasteiger charge is 2.33. The molecule has 2 aromatic rings. The molecule has 0 atom stereocenters. The van der Waals surface area contributed by atoms with E-state index in [1.54, 1.807) is 12.4 Å². The Morgan fingerprint density at radius 1 is 1.35 bits per heavy atom. The minimum absolute atomic E-state index is 0.0666. The van der Waals surface area contributed by atoms with Gasteiger partial charge in [-0.05, 0) is 30.5 Å². The second-order valence-electron chi connectivity index (χ2n) is 5.00. The Morgan fingerprint density at radius 2 is 2.20 bits per heavy atom. The molecule has 1 aromatic heterocycles. The fraction of sp³-hybridized carbons (Fsp3) is 0.267. The largest absolute Gasteiger partial charge is 0.399 e. The molecule has 1 fully saturated rings. The molecule has 0 aliphatic heterocycles. The van der Waals surface area contributed by atoms with E-state index < -0.39 is 0 Å². The van der Waals surface area contributed by atoms with E-state index >= 15 is 0 Å². The second-order valence-corrected chi connectivity index (χ2v) is 5.00. The molecule has 3 rings (SSSR count). The smallest absolute Gasteiger partial charge is 0.274 e. The van der Waals surface area contributed by atoms with Crippen molar-refractivity contribution in [1.82, 2.24) is 14.9 Å². The van der Waals surface area contributed by atoms with Gasteiger partial charge in [0.2, 0.25) is 0 Å². The van der Waals surface area contributed by atoms with E-state index in [9.17, 15) is 4.79 Å². The van der Waals surface area contributed by atoms with Gasteiger partial charge < -0.3 is 10.6 Å². The van der Waals surface area contributed by atoms with Crippen molar-refractivity contribution >= 4 is 11.6 Å². The molecule has 1 saturated carbocycles. The second kappa shape index (κ2) is 5.28. The molecule has 0 radical (unpaired) electrons. The predicted molar refractivity (Wildman–Crippen MR) is 75.8 cm³/mol. The number of anilines is 1. The van der Waals surface area contributed by atoms with Gasteiger partial charge in [-0.2, -0.15) is 0 Å². The van der Waals surface area contributed by atoms with Crippen LogP contribution in [0, 0.1) is 0 Å². The molecule has 1 heterocycles. The Labute approximate surface area is 117 Å². The first-order chi connectivity index (χ1) is 9.74. The number of benzene rings is 1. The van der Waals surface area contributed by atoms with Gasteiger partial charge in [0.05, 0.1) is 6.20 Å². The third-order valence-electron chi connectivity index (χ3n) is 3.33. The zero-order chi connectivity index (χ0) is 13.9. The van der Waals surface area contributed by atoms with Crippen LogP contribution in [0.2, 0.25) is 0 Å². The fourth-order valence-corrected chi connectivity index (χ4v) is 2.20. The molecule has 0 saturated heterocycles. The minimum atomic E-state index is -0.0666. The van der Waals surface area contributed by atoms with Crippen LogP contribution in [0.1, 0.15) is 28.9 Å². The first-order valence-corrected chi connectivity index (χ1v) is 6.65. The summed E-state index contributed by atoms with van der Waals surface area (Å²) < 4.78 is 0. The van der Waals surface area contributed by atoms with Gasteiger partial charge in [-0.3, -0.25) is 9.78 Å². The van der Waals surface area contributed by atoms with Gasteiger partial charge in [-0.25, -0.2) is 4.98 Å². The average molecular weight is 268 g/mol. The summed E-state index contributed by atoms with van der Waals surface area (Å²) in [5.74, 6) is -0.0666. The molecule has 5 heteroatoms. The van der Waals surface area contributed by atoms with Crippen LogP contribution in [0.4, 0.5) is 5.69 Å². The van der Waals surface area contributed by atoms with Crippen LogP contribution in [0.5, 0.6) is 0 Å². The van der Waals surface area contributed by atoms with Gasteiger partial charge in [0.15, 0.2) is 0 Å². The molecule has 1 aliphatic carbocycles. The maximum absolute atomic E-state index is 12.5. The van der Waals surface area contributed by atoms with Crippen LogP contribution in [-0.4, -0.2) is 26.8 Å². The Balaban J connectivity index is 1.81. The normalized spacial score (nSPS) is 14.0. The minimum Gasteiger partial charge on any atom is -0.399 e. The van der Waals surface area contributed by atoms with E-state index in [0.717, 1.165) is 18.4 Å². The van der Waals surface area contributed by atoms with Gasteiger partial charge in [0.25, 0.3) is 5.91 Å². The summed E-state index contributed by atoms with van der Waals surface area (Å²) >= 11 is 0. The van der Waals surface area contributed by atoms with Gasteiger partial charge in [-0.15, -0.1) is 0 Å². The number of amides is 1. The molecular formula is C15H16N4O. The highest BCUT2D eigenvalue weighted by atomic mass is 16.2. The number of nitrogen functional groups attached to an aromatic ring is 1. The maximum atomic E-state index is 12.5. The Kier molecular flexibility index (Phi) is 3.33. The quantitative estimate of drug-likeness (QED) is 0.859. The van der Waals surface area contributed by atoms with E-state index in [1.807, 2.05) is 29.2 Å². The topological polar surface area (TPSA) is 72.1 Å². The maximum Gasteiger partial charge on any atom is 0.274 e. The first-order valence-electron chi connectivity index (χ1n) is 6.65. The summed E-state index contributed by atoms with van der Waals surface area (Å²) in [6.45, 7) is 0.561. The van der Waals surface area contributed by atoms with Crippen molar-refractivity contribution in [1.29, 1.82) is 0 Å². The zero-order valence-corrected chi connectivity index (χ0v) is 11.1. The number of nitrogens with zero attached hydrogens (tertiary/aromatic N) is 3. The summed E-state index contributed by atoms with van der Waals surface area (Å²) in [4.78, 5) is 22.4. The number of aromatic nitrogens is 2. The lowest BCUT2D eigenvalue weighted by Gasteiger charge is -2.22. The number of hydrogen-bond acceptors (Lipinski definition) is 4. The molecule has 1 aliphatic rings. The average Bonchev–Trinajstić information content (AvgIpc) is 3.30. The van der Waals surface area contributed by atoms with E-state index in [4.69, 9.17) is 5.73 Å². The molecular weight excluding hydrogens is 252 g/mol. The number of hydrogen-bond donors (Lipinski definition) is 1. The third-order valence-corrected chi connectivity index (χ3v) is 3.33. The van der Waals surface area contributed by atoms with Crippen LogP contribution >= 0.6 is 0 Å². The molecule has 0 spiro atoms. The van der Waals surface area contributed by atoms with E-state index in [0.29, 0.717) is 24.0 Å². The Bertz CT molecular complexity index is 610. The van der Waals surface area contributed by atoms with Crippen LogP contribution in [0.15, 0.2) is 42.9 Å². The first kappa shape index (κ1) is 12.6. The highest BCUT2D eigenvalue weighted by Crippen LogP contribution is 2.29. The van der Waals surface area contributed by atoms with Crippen molar-refractivity contribution in [3.63, 3.8) is 0 Å². The van der Waals surface area contributed by atoms with E-state index in [1.165, 1.54) is 6.20 Å². The molecule has 5 nitrogen and oxygen atoms in total. The van der Waals surface area contributed by atoms with Gasteiger partial charge in [0, 0.05) is 30.7 Å². The molecule has 0 bridgehead atoms. The van der Waals surface area contributed by atoms with Gasteiger partial charge in [0.1, 0.15) is 5.69 Å². The lowest BCUT2D eigenvalue weighted by atomic mass is 10.2. The Hall–Kier alpha value is -2.43. The molecule has 0 unspecified atom stereocenters. The lowest BCUT2D eigenvalue weighted by molar-refractivity contribution is 0.0723. The number of rotatable bonds is 4. The van der Waals surface area contributed by atoms with Crippen molar-refractivity contribution in [3.05, 3.63) is 54.1 Å². The van der Waals surface area contributed by atoms with Crippen molar-refractivity contribution < 1.29 is 4.79 Å². The van der Waals surface area contributed by atoms with Crippen LogP contribution in [0.3, 0.4) is 0 Å². The summed E-state index contributed by atoms with van der Waals surface area (Å²) in [5.41, 5.74) is 7.93. The molecule has 1 amide bonds. The third kappa shape index (κ3) is 2.77. The van der Waals surface area contributed by atoms with Crippen molar-refractivity contribution in [3.8, 4) is 0 Å². The lowest BCUT2D eigenvalue weighted by Crippen LogP contribution is -2.33. The standard InChI is InChI=1S/C15H16N4O/c16-12-3-1-2-11(8-12)10-19(13-4-5-13)15(20)14-9-17-6-7-18-14/h1-3,6-9,13H,4-5,10,16H2. The summed E-state index contributed by atoms with van der Waals surface area (Å²) in [6.07, 6.45) is 6.72. The SMILES string of the molecule is Nc1cccc(CN(C(=O)c2cnccn2)C2CC2)c1. The molecule has 1 aromatic carbocycles. The van der Waals surface area contributed by atoms with Crippen molar-refractivity contribution in [2.75, 3.05) is 5.73 Å². The van der Waals surface area contributed by atoms with Crippen LogP contribution in [0.25, 0.3) is 0 Å². The van der Waals surface area contributed by atoms with E-state index in [2.05, 4.69) is 9.97 Å². The predicted octanol–water partition coefficient (Wildman–Crippen LogP) is 1.86. The zero-order valence-electron chi connectivity index (χ0n) is 11.1. The van der Waals surface area contributed by atoms with Crippen molar-refractivity contribution in [2.24, 2.45) is 0 Å². The Morgan fingerprint density at radius 3 is 2.85 bits per heavy atom. The molecule has 20 heavy (non-hydrogen) atoms. The monoisotopic (exact) mass is 268 g/mol. The van der Waals surface area contributed by atoms with E-state index in [-0.39, 0.29) is 5.91 Å².